The number of carbonyl (C=O) groups is 2. The van der Waals surface area contributed by atoms with Crippen molar-refractivity contribution in [2.75, 3.05) is 42.1 Å². The lowest BCUT2D eigenvalue weighted by Crippen LogP contribution is -2.58. The molecular weight excluding hydrogens is 562 g/mol. The van der Waals surface area contributed by atoms with Crippen molar-refractivity contribution in [1.82, 2.24) is 15.5 Å². The number of rotatable bonds is 8. The van der Waals surface area contributed by atoms with Crippen LogP contribution in [0.1, 0.15) is 16.7 Å². The van der Waals surface area contributed by atoms with Crippen molar-refractivity contribution in [3.63, 3.8) is 0 Å². The Morgan fingerprint density at radius 3 is 2.34 bits per heavy atom. The molecule has 1 saturated heterocycles. The summed E-state index contributed by atoms with van der Waals surface area (Å²) in [6, 6.07) is 21.4. The van der Waals surface area contributed by atoms with Crippen molar-refractivity contribution in [2.45, 2.75) is 31.5 Å². The van der Waals surface area contributed by atoms with Gasteiger partial charge < -0.3 is 20.4 Å². The number of hydrogen-bond donors (Lipinski definition) is 3. The summed E-state index contributed by atoms with van der Waals surface area (Å²) >= 11 is 6.44. The van der Waals surface area contributed by atoms with Gasteiger partial charge in [-0.05, 0) is 41.3 Å². The van der Waals surface area contributed by atoms with Gasteiger partial charge in [0.15, 0.2) is 0 Å². The topological polar surface area (TPSA) is 111 Å². The van der Waals surface area contributed by atoms with Crippen LogP contribution >= 0.6 is 11.6 Å². The Morgan fingerprint density at radius 1 is 0.951 bits per heavy atom. The third-order valence-corrected chi connectivity index (χ3v) is 8.49. The summed E-state index contributed by atoms with van der Waals surface area (Å²) in [6.45, 7) is 2.48. The predicted molar refractivity (Wildman–Crippen MR) is 162 cm³/mol. The summed E-state index contributed by atoms with van der Waals surface area (Å²) in [4.78, 5) is 31.1. The maximum Gasteiger partial charge on any atom is 0.245 e. The lowest BCUT2D eigenvalue weighted by atomic mass is 9.95. The highest BCUT2D eigenvalue weighted by atomic mass is 35.5. The van der Waals surface area contributed by atoms with Crippen LogP contribution in [0, 0.1) is 0 Å². The molecule has 0 aromatic heterocycles. The number of anilines is 2. The van der Waals surface area contributed by atoms with Crippen molar-refractivity contribution in [1.29, 1.82) is 0 Å². The molecule has 0 aliphatic carbocycles. The molecule has 3 aromatic carbocycles. The third-order valence-electron chi connectivity index (χ3n) is 7.53. The Kier molecular flexibility index (Phi) is 8.82. The molecular formula is C30H34ClN5O4S. The minimum Gasteiger partial charge on any atom is -0.366 e. The second-order valence-corrected chi connectivity index (χ2v) is 12.6. The first-order valence-corrected chi connectivity index (χ1v) is 15.9. The number of hydrogen-bond acceptors (Lipinski definition) is 6. The molecule has 0 bridgehead atoms. The first-order valence-electron chi connectivity index (χ1n) is 13.6. The fraction of sp³-hybridized carbons (Fsp3) is 0.333. The number of carbonyl (C=O) groups excluding carboxylic acids is 2. The summed E-state index contributed by atoms with van der Waals surface area (Å²) < 4.78 is 26.3. The molecule has 216 valence electrons. The van der Waals surface area contributed by atoms with E-state index in [1.54, 1.807) is 23.1 Å². The van der Waals surface area contributed by atoms with Crippen molar-refractivity contribution >= 4 is 44.8 Å². The van der Waals surface area contributed by atoms with Crippen LogP contribution in [-0.4, -0.2) is 69.7 Å². The monoisotopic (exact) mass is 595 g/mol. The summed E-state index contributed by atoms with van der Waals surface area (Å²) in [5.74, 6) is -0.388. The lowest BCUT2D eigenvalue weighted by Gasteiger charge is -2.38. The Bertz CT molecular complexity index is 1520. The van der Waals surface area contributed by atoms with Crippen molar-refractivity contribution in [2.24, 2.45) is 0 Å². The highest BCUT2D eigenvalue weighted by Gasteiger charge is 2.32. The molecule has 41 heavy (non-hydrogen) atoms. The van der Waals surface area contributed by atoms with Crippen LogP contribution in [0.5, 0.6) is 0 Å². The SMILES string of the molecule is CS(=O)(=O)Nc1ccccc1N1CCN(C(=O)[C@@H](Cc2ccccc2Cl)NC(=O)[C@@H]2Cc3ccccc3CN2)CC1. The second kappa shape index (κ2) is 12.5. The second-order valence-electron chi connectivity index (χ2n) is 10.5. The Labute approximate surface area is 245 Å². The van der Waals surface area contributed by atoms with E-state index in [0.29, 0.717) is 49.9 Å². The molecule has 11 heteroatoms. The number of halogens is 1. The average Bonchev–Trinajstić information content (AvgIpc) is 2.97. The van der Waals surface area contributed by atoms with Gasteiger partial charge in [0, 0.05) is 44.2 Å². The Balaban J connectivity index is 1.29. The maximum atomic E-state index is 13.9. The Morgan fingerprint density at radius 2 is 1.61 bits per heavy atom. The average molecular weight is 596 g/mol. The smallest absolute Gasteiger partial charge is 0.245 e. The van der Waals surface area contributed by atoms with Crippen molar-refractivity contribution in [3.8, 4) is 0 Å². The van der Waals surface area contributed by atoms with Crippen LogP contribution in [0.3, 0.4) is 0 Å². The van der Waals surface area contributed by atoms with Crippen molar-refractivity contribution in [3.05, 3.63) is 94.5 Å². The van der Waals surface area contributed by atoms with E-state index < -0.39 is 22.1 Å². The van der Waals surface area contributed by atoms with Gasteiger partial charge in [-0.25, -0.2) is 8.42 Å². The van der Waals surface area contributed by atoms with Crippen molar-refractivity contribution < 1.29 is 18.0 Å². The number of para-hydroxylation sites is 2. The zero-order valence-corrected chi connectivity index (χ0v) is 24.4. The van der Waals surface area contributed by atoms with E-state index in [9.17, 15) is 18.0 Å². The largest absolute Gasteiger partial charge is 0.366 e. The number of nitrogens with one attached hydrogen (secondary N) is 3. The summed E-state index contributed by atoms with van der Waals surface area (Å²) in [5, 5.41) is 6.87. The van der Waals surface area contributed by atoms with Crippen LogP contribution in [0.15, 0.2) is 72.8 Å². The van der Waals surface area contributed by atoms with Crippen LogP contribution in [0.4, 0.5) is 11.4 Å². The number of amides is 2. The molecule has 1 fully saturated rings. The molecule has 9 nitrogen and oxygen atoms in total. The quantitative estimate of drug-likeness (QED) is 0.369. The molecule has 0 spiro atoms. The molecule has 2 atom stereocenters. The molecule has 0 saturated carbocycles. The minimum absolute atomic E-state index is 0.170. The molecule has 2 heterocycles. The highest BCUT2D eigenvalue weighted by Crippen LogP contribution is 2.28. The maximum absolute atomic E-state index is 13.9. The van der Waals surface area contributed by atoms with E-state index in [1.165, 1.54) is 5.56 Å². The number of nitrogens with zero attached hydrogens (tertiary/aromatic N) is 2. The van der Waals surface area contributed by atoms with E-state index in [-0.39, 0.29) is 18.2 Å². The minimum atomic E-state index is -3.44. The Hall–Kier alpha value is -3.60. The lowest BCUT2D eigenvalue weighted by molar-refractivity contribution is -0.137. The zero-order valence-electron chi connectivity index (χ0n) is 22.8. The number of piperazine rings is 1. The van der Waals surface area contributed by atoms with Gasteiger partial charge in [0.25, 0.3) is 0 Å². The van der Waals surface area contributed by atoms with Gasteiger partial charge in [0.2, 0.25) is 21.8 Å². The zero-order chi connectivity index (χ0) is 29.0. The molecule has 0 radical (unpaired) electrons. The van der Waals surface area contributed by atoms with Gasteiger partial charge in [-0.2, -0.15) is 0 Å². The van der Waals surface area contributed by atoms with Gasteiger partial charge in [-0.15, -0.1) is 0 Å². The summed E-state index contributed by atoms with van der Waals surface area (Å²) in [6.07, 6.45) is 1.94. The number of benzene rings is 3. The molecule has 2 aliphatic heterocycles. The molecule has 3 aromatic rings. The van der Waals surface area contributed by atoms with E-state index in [1.807, 2.05) is 48.5 Å². The third kappa shape index (κ3) is 7.19. The normalized spacial score (nSPS) is 17.9. The number of sulfonamides is 1. The van der Waals surface area contributed by atoms with E-state index >= 15 is 0 Å². The molecule has 3 N–H and O–H groups in total. The standard InChI is InChI=1S/C30H34ClN5O4S/c1-41(39,40)34-25-12-6-7-13-28(25)35-14-16-36(17-15-35)30(38)27(19-22-9-4-5-11-24(22)31)33-29(37)26-18-21-8-2-3-10-23(21)20-32-26/h2-13,26-27,32,34H,14-20H2,1H3,(H,33,37)/t26-,27+/m0/s1. The fourth-order valence-corrected chi connectivity index (χ4v) is 6.20. The molecule has 5 rings (SSSR count). The van der Waals surface area contributed by atoms with Gasteiger partial charge in [0.05, 0.1) is 23.7 Å². The van der Waals surface area contributed by atoms with Crippen LogP contribution in [-0.2, 0) is 39.0 Å². The van der Waals surface area contributed by atoms with Gasteiger partial charge >= 0.3 is 0 Å². The van der Waals surface area contributed by atoms with Gasteiger partial charge in [-0.3, -0.25) is 14.3 Å². The first-order chi connectivity index (χ1) is 19.7. The predicted octanol–water partition coefficient (Wildman–Crippen LogP) is 2.80. The van der Waals surface area contributed by atoms with Gasteiger partial charge in [0.1, 0.15) is 6.04 Å². The van der Waals surface area contributed by atoms with E-state index in [0.717, 1.165) is 23.1 Å². The fourth-order valence-electron chi connectivity index (χ4n) is 5.42. The van der Waals surface area contributed by atoms with Crippen LogP contribution in [0.2, 0.25) is 5.02 Å². The van der Waals surface area contributed by atoms with Crippen LogP contribution < -0.4 is 20.3 Å². The van der Waals surface area contributed by atoms with Gasteiger partial charge in [-0.1, -0.05) is 66.2 Å². The number of fused-ring (bicyclic) bond motifs is 1. The molecule has 2 aliphatic rings. The van der Waals surface area contributed by atoms with E-state index in [4.69, 9.17) is 11.6 Å². The van der Waals surface area contributed by atoms with E-state index in [2.05, 4.69) is 26.3 Å². The molecule has 0 unspecified atom stereocenters. The summed E-state index contributed by atoms with van der Waals surface area (Å²) in [7, 11) is -3.44. The summed E-state index contributed by atoms with van der Waals surface area (Å²) in [5.41, 5.74) is 4.34. The highest BCUT2D eigenvalue weighted by molar-refractivity contribution is 7.92. The molecule has 2 amide bonds. The first kappa shape index (κ1) is 28.9. The van der Waals surface area contributed by atoms with Crippen LogP contribution in [0.25, 0.3) is 0 Å².